The maximum Gasteiger partial charge on any atom is 0.245 e. The molecule has 1 N–H and O–H groups in total. The molecule has 1 aromatic rings. The normalized spacial score (nSPS) is 21.5. The van der Waals surface area contributed by atoms with Gasteiger partial charge in [-0.3, -0.25) is 14.4 Å². The number of nitrogens with zero attached hydrogens (tertiary/aromatic N) is 2. The van der Waals surface area contributed by atoms with E-state index in [1.54, 1.807) is 4.90 Å². The first-order chi connectivity index (χ1) is 13.5. The summed E-state index contributed by atoms with van der Waals surface area (Å²) < 4.78 is 0. The summed E-state index contributed by atoms with van der Waals surface area (Å²) in [7, 11) is 0. The molecule has 28 heavy (non-hydrogen) atoms. The van der Waals surface area contributed by atoms with Gasteiger partial charge in [0.25, 0.3) is 0 Å². The van der Waals surface area contributed by atoms with Gasteiger partial charge in [-0.05, 0) is 31.4 Å². The van der Waals surface area contributed by atoms with Crippen LogP contribution in [0.5, 0.6) is 0 Å². The number of benzene rings is 1. The lowest BCUT2D eigenvalue weighted by molar-refractivity contribution is -0.134. The highest BCUT2D eigenvalue weighted by Gasteiger charge is 2.43. The van der Waals surface area contributed by atoms with Gasteiger partial charge in [0.1, 0.15) is 0 Å². The van der Waals surface area contributed by atoms with Gasteiger partial charge in [-0.1, -0.05) is 36.9 Å². The Labute approximate surface area is 166 Å². The molecule has 1 unspecified atom stereocenters. The third-order valence-electron chi connectivity index (χ3n) is 6.09. The van der Waals surface area contributed by atoms with Crippen molar-refractivity contribution in [1.29, 1.82) is 0 Å². The van der Waals surface area contributed by atoms with Gasteiger partial charge in [-0.15, -0.1) is 0 Å². The average molecular weight is 383 g/mol. The lowest BCUT2D eigenvalue weighted by atomic mass is 9.72. The van der Waals surface area contributed by atoms with Crippen molar-refractivity contribution in [2.45, 2.75) is 31.6 Å². The van der Waals surface area contributed by atoms with E-state index in [1.165, 1.54) is 6.08 Å². The molecule has 2 fully saturated rings. The number of amides is 3. The predicted octanol–water partition coefficient (Wildman–Crippen LogP) is 1.72. The molecule has 2 heterocycles. The molecule has 1 aromatic carbocycles. The molecule has 3 amide bonds. The minimum atomic E-state index is -0.647. The number of likely N-dealkylation sites (tertiary alicyclic amines) is 2. The molecule has 0 spiro atoms. The van der Waals surface area contributed by atoms with Crippen molar-refractivity contribution in [3.63, 3.8) is 0 Å². The van der Waals surface area contributed by atoms with E-state index < -0.39 is 5.41 Å². The minimum absolute atomic E-state index is 0.00759. The number of carbonyl (C=O) groups excluding carboxylic acids is 3. The summed E-state index contributed by atoms with van der Waals surface area (Å²) in [6.07, 6.45) is 2.97. The Kier molecular flexibility index (Phi) is 6.17. The van der Waals surface area contributed by atoms with Gasteiger partial charge in [0.15, 0.2) is 0 Å². The Morgan fingerprint density at radius 2 is 1.93 bits per heavy atom. The molecule has 2 aliphatic rings. The van der Waals surface area contributed by atoms with E-state index in [0.717, 1.165) is 5.56 Å². The lowest BCUT2D eigenvalue weighted by Crippen LogP contribution is -2.53. The van der Waals surface area contributed by atoms with Gasteiger partial charge in [0.05, 0.1) is 5.41 Å². The van der Waals surface area contributed by atoms with Crippen LogP contribution >= 0.6 is 0 Å². The van der Waals surface area contributed by atoms with Crippen molar-refractivity contribution in [2.75, 3.05) is 32.7 Å². The second kappa shape index (κ2) is 8.59. The zero-order valence-corrected chi connectivity index (χ0v) is 16.5. The Balaban J connectivity index is 1.71. The van der Waals surface area contributed by atoms with Crippen molar-refractivity contribution in [1.82, 2.24) is 15.1 Å². The van der Waals surface area contributed by atoms with E-state index in [2.05, 4.69) is 11.9 Å². The van der Waals surface area contributed by atoms with Gasteiger partial charge < -0.3 is 15.1 Å². The third-order valence-corrected chi connectivity index (χ3v) is 6.09. The Morgan fingerprint density at radius 1 is 1.25 bits per heavy atom. The highest BCUT2D eigenvalue weighted by molar-refractivity contribution is 5.90. The van der Waals surface area contributed by atoms with Crippen LogP contribution in [-0.4, -0.2) is 60.2 Å². The molecule has 150 valence electrons. The quantitative estimate of drug-likeness (QED) is 0.761. The topological polar surface area (TPSA) is 69.7 Å². The minimum Gasteiger partial charge on any atom is -0.355 e. The van der Waals surface area contributed by atoms with Crippen LogP contribution in [-0.2, 0) is 19.8 Å². The zero-order valence-electron chi connectivity index (χ0n) is 16.5. The lowest BCUT2D eigenvalue weighted by Gasteiger charge is -2.41. The summed E-state index contributed by atoms with van der Waals surface area (Å²) in [5.74, 6) is 0.223. The van der Waals surface area contributed by atoms with E-state index in [-0.39, 0.29) is 23.6 Å². The van der Waals surface area contributed by atoms with Crippen LogP contribution in [0.15, 0.2) is 43.0 Å². The number of rotatable bonds is 6. The van der Waals surface area contributed by atoms with Crippen molar-refractivity contribution in [3.8, 4) is 0 Å². The predicted molar refractivity (Wildman–Crippen MR) is 108 cm³/mol. The number of nitrogens with one attached hydrogen (secondary N) is 1. The largest absolute Gasteiger partial charge is 0.355 e. The van der Waals surface area contributed by atoms with Crippen molar-refractivity contribution < 1.29 is 14.4 Å². The first-order valence-corrected chi connectivity index (χ1v) is 10.0. The second-order valence-corrected chi connectivity index (χ2v) is 7.69. The summed E-state index contributed by atoms with van der Waals surface area (Å²) in [5, 5.41) is 3.12. The number of carbonyl (C=O) groups is 3. The first kappa shape index (κ1) is 20.1. The monoisotopic (exact) mass is 383 g/mol. The molecule has 0 aliphatic carbocycles. The van der Waals surface area contributed by atoms with Crippen LogP contribution in [0.4, 0.5) is 0 Å². The molecule has 3 rings (SSSR count). The zero-order chi connectivity index (χ0) is 20.1. The van der Waals surface area contributed by atoms with Crippen molar-refractivity contribution >= 4 is 17.7 Å². The summed E-state index contributed by atoms with van der Waals surface area (Å²) in [6, 6.07) is 9.81. The second-order valence-electron chi connectivity index (χ2n) is 7.69. The van der Waals surface area contributed by atoms with Gasteiger partial charge in [0.2, 0.25) is 17.7 Å². The van der Waals surface area contributed by atoms with Crippen molar-refractivity contribution in [2.24, 2.45) is 5.92 Å². The molecular weight excluding hydrogens is 354 g/mol. The molecule has 0 saturated carbocycles. The molecule has 0 aromatic heterocycles. The summed E-state index contributed by atoms with van der Waals surface area (Å²) in [4.78, 5) is 40.8. The summed E-state index contributed by atoms with van der Waals surface area (Å²) >= 11 is 0. The van der Waals surface area contributed by atoms with E-state index >= 15 is 0 Å². The SMILES string of the molecule is C=CC(=O)N1CCC(C(=O)NCC2CC(=O)N(CC)C2)(c2ccccc2)CC1. The molecule has 0 bridgehead atoms. The molecule has 2 aliphatic heterocycles. The molecule has 1 atom stereocenters. The van der Waals surface area contributed by atoms with Gasteiger partial charge in [0, 0.05) is 45.1 Å². The van der Waals surface area contributed by atoms with E-state index in [0.29, 0.717) is 52.0 Å². The van der Waals surface area contributed by atoms with Crippen LogP contribution < -0.4 is 5.32 Å². The van der Waals surface area contributed by atoms with Crippen LogP contribution in [0.2, 0.25) is 0 Å². The van der Waals surface area contributed by atoms with E-state index in [4.69, 9.17) is 0 Å². The number of hydrogen-bond acceptors (Lipinski definition) is 3. The van der Waals surface area contributed by atoms with Gasteiger partial charge >= 0.3 is 0 Å². The average Bonchev–Trinajstić information content (AvgIpc) is 3.11. The van der Waals surface area contributed by atoms with E-state index in [1.807, 2.05) is 42.2 Å². The summed E-state index contributed by atoms with van der Waals surface area (Å²) in [6.45, 7) is 8.50. The maximum atomic E-state index is 13.3. The number of hydrogen-bond donors (Lipinski definition) is 1. The highest BCUT2D eigenvalue weighted by atomic mass is 16.2. The third kappa shape index (κ3) is 3.96. The molecule has 2 saturated heterocycles. The van der Waals surface area contributed by atoms with Crippen LogP contribution in [0.25, 0.3) is 0 Å². The smallest absolute Gasteiger partial charge is 0.245 e. The molecular formula is C22H29N3O3. The Hall–Kier alpha value is -2.63. The standard InChI is InChI=1S/C22H29N3O3/c1-3-19(26)25-12-10-22(11-13-25,18-8-6-5-7-9-18)21(28)23-15-17-14-20(27)24(4-2)16-17/h3,5-9,17H,1,4,10-16H2,2H3,(H,23,28). The number of piperidine rings is 1. The Morgan fingerprint density at radius 3 is 2.50 bits per heavy atom. The van der Waals surface area contributed by atoms with E-state index in [9.17, 15) is 14.4 Å². The fourth-order valence-electron chi connectivity index (χ4n) is 4.34. The Bertz CT molecular complexity index is 739. The van der Waals surface area contributed by atoms with Crippen LogP contribution in [0.1, 0.15) is 31.7 Å². The van der Waals surface area contributed by atoms with Gasteiger partial charge in [-0.2, -0.15) is 0 Å². The first-order valence-electron chi connectivity index (χ1n) is 10.0. The fraction of sp³-hybridized carbons (Fsp3) is 0.500. The molecule has 0 radical (unpaired) electrons. The highest BCUT2D eigenvalue weighted by Crippen LogP contribution is 2.36. The maximum absolute atomic E-state index is 13.3. The molecule has 6 heteroatoms. The van der Waals surface area contributed by atoms with Crippen molar-refractivity contribution in [3.05, 3.63) is 48.6 Å². The van der Waals surface area contributed by atoms with Crippen LogP contribution in [0.3, 0.4) is 0 Å². The van der Waals surface area contributed by atoms with Crippen LogP contribution in [0, 0.1) is 5.92 Å². The summed E-state index contributed by atoms with van der Waals surface area (Å²) in [5.41, 5.74) is 0.336. The fourth-order valence-corrected chi connectivity index (χ4v) is 4.34. The van der Waals surface area contributed by atoms with Gasteiger partial charge in [-0.25, -0.2) is 0 Å². The molecule has 6 nitrogen and oxygen atoms in total.